The van der Waals surface area contributed by atoms with Crippen LogP contribution in [-0.4, -0.2) is 34.9 Å². The van der Waals surface area contributed by atoms with Gasteiger partial charge in [0.25, 0.3) is 0 Å². The normalized spacial score (nSPS) is 13.5. The molecule has 0 aromatic rings. The van der Waals surface area contributed by atoms with Gasteiger partial charge in [-0.05, 0) is 51.4 Å². The van der Waals surface area contributed by atoms with Crippen molar-refractivity contribution in [2.24, 2.45) is 0 Å². The highest BCUT2D eigenvalue weighted by Gasteiger charge is 2.19. The van der Waals surface area contributed by atoms with Crippen molar-refractivity contribution < 1.29 is 15.0 Å². The molecule has 0 radical (unpaired) electrons. The molecule has 59 heavy (non-hydrogen) atoms. The van der Waals surface area contributed by atoms with Gasteiger partial charge in [0.1, 0.15) is 0 Å². The number of rotatable bonds is 46. The zero-order valence-corrected chi connectivity index (χ0v) is 39.3. The van der Waals surface area contributed by atoms with Crippen LogP contribution in [-0.2, 0) is 4.79 Å². The number of unbranched alkanes of at least 4 members (excludes halogenated alkanes) is 27. The van der Waals surface area contributed by atoms with E-state index in [1.807, 2.05) is 6.08 Å². The van der Waals surface area contributed by atoms with E-state index in [2.05, 4.69) is 86.0 Å². The largest absolute Gasteiger partial charge is 0.394 e. The number of aliphatic hydroxyl groups excluding tert-OH is 2. The molecule has 342 valence electrons. The lowest BCUT2D eigenvalue weighted by Gasteiger charge is -2.22. The summed E-state index contributed by atoms with van der Waals surface area (Å²) in [5, 5.41) is 23.2. The molecule has 2 atom stereocenters. The van der Waals surface area contributed by atoms with Crippen molar-refractivity contribution in [3.63, 3.8) is 0 Å². The third kappa shape index (κ3) is 46.7. The first-order valence-electron chi connectivity index (χ1n) is 25.6. The lowest BCUT2D eigenvalue weighted by Crippen LogP contribution is -2.45. The Balaban J connectivity index is 3.55. The maximum atomic E-state index is 12.4. The summed E-state index contributed by atoms with van der Waals surface area (Å²) in [5.41, 5.74) is 0. The van der Waals surface area contributed by atoms with Gasteiger partial charge in [-0.25, -0.2) is 0 Å². The second kappa shape index (κ2) is 50.2. The van der Waals surface area contributed by atoms with Crippen LogP contribution in [0.5, 0.6) is 0 Å². The summed E-state index contributed by atoms with van der Waals surface area (Å²) < 4.78 is 0. The fourth-order valence-electron chi connectivity index (χ4n) is 7.62. The summed E-state index contributed by atoms with van der Waals surface area (Å²) in [6, 6.07) is -0.582. The smallest absolute Gasteiger partial charge is 0.220 e. The number of hydrogen-bond donors (Lipinski definition) is 3. The van der Waals surface area contributed by atoms with Crippen molar-refractivity contribution >= 4 is 5.91 Å². The molecule has 0 aliphatic carbocycles. The van der Waals surface area contributed by atoms with E-state index in [1.165, 1.54) is 167 Å². The molecule has 4 heteroatoms. The van der Waals surface area contributed by atoms with Crippen LogP contribution in [0.1, 0.15) is 251 Å². The van der Waals surface area contributed by atoms with E-state index < -0.39 is 12.1 Å². The molecule has 0 aromatic heterocycles. The van der Waals surface area contributed by atoms with E-state index in [0.29, 0.717) is 19.3 Å². The Hall–Kier alpha value is -2.17. The zero-order chi connectivity index (χ0) is 42.8. The minimum Gasteiger partial charge on any atom is -0.394 e. The summed E-state index contributed by atoms with van der Waals surface area (Å²) in [4.78, 5) is 12.4. The molecule has 0 heterocycles. The quantitative estimate of drug-likeness (QED) is 0.0423. The van der Waals surface area contributed by atoms with Gasteiger partial charge in [0.15, 0.2) is 0 Å². The molecule has 1 amide bonds. The molecule has 0 spiro atoms. The van der Waals surface area contributed by atoms with E-state index in [0.717, 1.165) is 51.4 Å². The molecule has 3 N–H and O–H groups in total. The average molecular weight is 822 g/mol. The van der Waals surface area contributed by atoms with Crippen LogP contribution in [0, 0.1) is 0 Å². The Morgan fingerprint density at radius 3 is 1.02 bits per heavy atom. The predicted molar refractivity (Wildman–Crippen MR) is 262 cm³/mol. The first kappa shape index (κ1) is 56.8. The maximum absolute atomic E-state index is 12.4. The van der Waals surface area contributed by atoms with E-state index in [-0.39, 0.29) is 12.5 Å². The Labute approximate surface area is 368 Å². The molecule has 2 unspecified atom stereocenters. The fourth-order valence-corrected chi connectivity index (χ4v) is 7.62. The van der Waals surface area contributed by atoms with E-state index in [4.69, 9.17) is 0 Å². The molecule has 0 rings (SSSR count). The third-order valence-corrected chi connectivity index (χ3v) is 11.5. The summed E-state index contributed by atoms with van der Waals surface area (Å²) >= 11 is 0. The van der Waals surface area contributed by atoms with Crippen molar-refractivity contribution in [1.29, 1.82) is 0 Å². The standard InChI is InChI=1S/C55H99NO3/c1-3-5-7-9-11-13-15-17-19-21-23-24-25-26-27-28-29-30-31-33-34-36-38-40-42-44-46-48-50-54(58)53(52-57)56-55(59)51-49-47-45-43-41-39-37-35-32-22-20-18-16-14-12-10-8-6-4-2/h6,8,12,14,18,20,32,35,39,41,45,47,53-54,57-58H,3-5,7,9-11,13,15-17,19,21-31,33-34,36-38,40,42-44,46,48-52H2,1-2H3,(H,56,59)/b8-6-,14-12-,20-18-,35-32-,41-39-,47-45-. The monoisotopic (exact) mass is 822 g/mol. The van der Waals surface area contributed by atoms with Gasteiger partial charge in [-0.3, -0.25) is 4.79 Å². The molecular weight excluding hydrogens is 723 g/mol. The van der Waals surface area contributed by atoms with Gasteiger partial charge in [-0.2, -0.15) is 0 Å². The van der Waals surface area contributed by atoms with Crippen LogP contribution in [0.15, 0.2) is 72.9 Å². The lowest BCUT2D eigenvalue weighted by molar-refractivity contribution is -0.123. The fraction of sp³-hybridized carbons (Fsp3) is 0.764. The van der Waals surface area contributed by atoms with Crippen LogP contribution in [0.4, 0.5) is 0 Å². The van der Waals surface area contributed by atoms with Crippen LogP contribution in [0.25, 0.3) is 0 Å². The first-order valence-corrected chi connectivity index (χ1v) is 25.6. The summed E-state index contributed by atoms with van der Waals surface area (Å²) in [5.74, 6) is -0.113. The number of allylic oxidation sites excluding steroid dienone is 12. The molecular formula is C55H99NO3. The highest BCUT2D eigenvalue weighted by molar-refractivity contribution is 5.76. The molecule has 0 aliphatic rings. The lowest BCUT2D eigenvalue weighted by atomic mass is 10.0. The second-order valence-electron chi connectivity index (χ2n) is 17.2. The number of carbonyl (C=O) groups excluding carboxylic acids is 1. The van der Waals surface area contributed by atoms with Gasteiger partial charge in [0, 0.05) is 6.42 Å². The van der Waals surface area contributed by atoms with Crippen LogP contribution >= 0.6 is 0 Å². The Kier molecular flexibility index (Phi) is 48.3. The molecule has 0 aliphatic heterocycles. The molecule has 0 fully saturated rings. The van der Waals surface area contributed by atoms with Gasteiger partial charge in [0.2, 0.25) is 5.91 Å². The summed E-state index contributed by atoms with van der Waals surface area (Å²) in [6.07, 6.45) is 71.7. The number of carbonyl (C=O) groups is 1. The molecule has 0 aromatic carbocycles. The SMILES string of the molecule is CC/C=C\C/C=C\C/C=C\C/C=C\C/C=C\C/C=C\CCC(=O)NC(CO)C(O)CCCCCCCCCCCCCCCCCCCCCCCCCCCCCC. The Bertz CT molecular complexity index is 1020. The topological polar surface area (TPSA) is 69.6 Å². The van der Waals surface area contributed by atoms with Crippen molar-refractivity contribution in [3.8, 4) is 0 Å². The van der Waals surface area contributed by atoms with Crippen molar-refractivity contribution in [1.82, 2.24) is 5.32 Å². The number of nitrogens with one attached hydrogen (secondary N) is 1. The second-order valence-corrected chi connectivity index (χ2v) is 17.2. The van der Waals surface area contributed by atoms with Crippen molar-refractivity contribution in [2.45, 2.75) is 264 Å². The van der Waals surface area contributed by atoms with E-state index in [1.54, 1.807) is 0 Å². The minimum atomic E-state index is -0.695. The van der Waals surface area contributed by atoms with Crippen LogP contribution in [0.2, 0.25) is 0 Å². The molecule has 0 saturated heterocycles. The zero-order valence-electron chi connectivity index (χ0n) is 39.3. The predicted octanol–water partition coefficient (Wildman–Crippen LogP) is 16.6. The van der Waals surface area contributed by atoms with Gasteiger partial charge in [0.05, 0.1) is 18.8 Å². The first-order chi connectivity index (χ1) is 29.2. The van der Waals surface area contributed by atoms with Gasteiger partial charge in [-0.1, -0.05) is 267 Å². The Morgan fingerprint density at radius 2 is 0.712 bits per heavy atom. The highest BCUT2D eigenvalue weighted by Crippen LogP contribution is 2.17. The van der Waals surface area contributed by atoms with Gasteiger partial charge >= 0.3 is 0 Å². The maximum Gasteiger partial charge on any atom is 0.220 e. The van der Waals surface area contributed by atoms with E-state index >= 15 is 0 Å². The number of hydrogen-bond acceptors (Lipinski definition) is 3. The van der Waals surface area contributed by atoms with Crippen LogP contribution < -0.4 is 5.32 Å². The number of amides is 1. The van der Waals surface area contributed by atoms with Crippen molar-refractivity contribution in [3.05, 3.63) is 72.9 Å². The van der Waals surface area contributed by atoms with Crippen molar-refractivity contribution in [2.75, 3.05) is 6.61 Å². The summed E-state index contributed by atoms with van der Waals surface area (Å²) in [7, 11) is 0. The Morgan fingerprint density at radius 1 is 0.424 bits per heavy atom. The van der Waals surface area contributed by atoms with Crippen LogP contribution in [0.3, 0.4) is 0 Å². The summed E-state index contributed by atoms with van der Waals surface area (Å²) in [6.45, 7) is 4.22. The van der Waals surface area contributed by atoms with Gasteiger partial charge < -0.3 is 15.5 Å². The van der Waals surface area contributed by atoms with Gasteiger partial charge in [-0.15, -0.1) is 0 Å². The molecule has 0 saturated carbocycles. The molecule has 4 nitrogen and oxygen atoms in total. The van der Waals surface area contributed by atoms with E-state index in [9.17, 15) is 15.0 Å². The minimum absolute atomic E-state index is 0.113. The molecule has 0 bridgehead atoms. The third-order valence-electron chi connectivity index (χ3n) is 11.5. The number of aliphatic hydroxyl groups is 2. The average Bonchev–Trinajstić information content (AvgIpc) is 3.24. The highest BCUT2D eigenvalue weighted by atomic mass is 16.3.